The van der Waals surface area contributed by atoms with Crippen LogP contribution in [0.5, 0.6) is 0 Å². The number of benzodiazepines with no additional fused rings is 1. The molecule has 0 aliphatic carbocycles. The summed E-state index contributed by atoms with van der Waals surface area (Å²) in [7, 11) is 0. The van der Waals surface area contributed by atoms with E-state index in [1.807, 2.05) is 0 Å². The minimum atomic E-state index is -1.51. The number of hydrogen-bond donors (Lipinski definition) is 0. The summed E-state index contributed by atoms with van der Waals surface area (Å²) in [4.78, 5) is 47.3. The molecule has 5 rings (SSSR count). The van der Waals surface area contributed by atoms with Crippen LogP contribution < -0.4 is 4.90 Å². The fraction of sp³-hybridized carbons (Fsp3) is 0.111. The number of carbonyl (C=O) groups is 3. The lowest BCUT2D eigenvalue weighted by atomic mass is 9.99. The molecule has 0 saturated carbocycles. The van der Waals surface area contributed by atoms with Crippen molar-refractivity contribution >= 4 is 29.1 Å². The number of amides is 3. The zero-order chi connectivity index (χ0) is 24.0. The Bertz CT molecular complexity index is 1380. The van der Waals surface area contributed by atoms with Crippen molar-refractivity contribution in [1.29, 1.82) is 0 Å². The number of benzene rings is 3. The maximum absolute atomic E-state index is 14.9. The van der Waals surface area contributed by atoms with Gasteiger partial charge in [0.05, 0.1) is 22.5 Å². The fourth-order valence-corrected chi connectivity index (χ4v) is 4.31. The number of fused-ring (bicyclic) bond motifs is 2. The van der Waals surface area contributed by atoms with Gasteiger partial charge in [0.1, 0.15) is 5.82 Å². The second-order valence-corrected chi connectivity index (χ2v) is 8.26. The maximum Gasteiger partial charge on any atom is 0.273 e. The lowest BCUT2D eigenvalue weighted by Crippen LogP contribution is -2.50. The molecule has 0 saturated heterocycles. The molecule has 3 aromatic rings. The predicted octanol–water partition coefficient (Wildman–Crippen LogP) is 4.21. The standard InChI is InChI=1S/C27H20FN3O3/c1-16(2)15-30-22-14-8-6-12-20(22)23(19-11-5-7-13-21(19)28)29-24(27(30)34)31-25(32)17-9-3-4-10-18(17)26(31)33/h3-14,24H,1,15H2,2H3. The first-order valence-electron chi connectivity index (χ1n) is 10.7. The van der Waals surface area contributed by atoms with Gasteiger partial charge in [-0.2, -0.15) is 0 Å². The van der Waals surface area contributed by atoms with Crippen LogP contribution in [0.2, 0.25) is 0 Å². The van der Waals surface area contributed by atoms with Crippen molar-refractivity contribution in [2.75, 3.05) is 11.4 Å². The summed E-state index contributed by atoms with van der Waals surface area (Å²) in [5.74, 6) is -2.33. The van der Waals surface area contributed by atoms with Gasteiger partial charge in [0.25, 0.3) is 17.7 Å². The van der Waals surface area contributed by atoms with E-state index in [1.165, 1.54) is 11.0 Å². The maximum atomic E-state index is 14.9. The van der Waals surface area contributed by atoms with Gasteiger partial charge >= 0.3 is 0 Å². The number of carbonyl (C=O) groups excluding carboxylic acids is 3. The number of hydrogen-bond acceptors (Lipinski definition) is 4. The Morgan fingerprint density at radius 3 is 1.97 bits per heavy atom. The third-order valence-electron chi connectivity index (χ3n) is 5.82. The molecule has 0 spiro atoms. The molecule has 2 aliphatic rings. The van der Waals surface area contributed by atoms with Gasteiger partial charge in [0, 0.05) is 17.7 Å². The molecule has 0 aromatic heterocycles. The minimum absolute atomic E-state index is 0.148. The summed E-state index contributed by atoms with van der Waals surface area (Å²) in [6.45, 7) is 5.85. The highest BCUT2D eigenvalue weighted by Crippen LogP contribution is 2.33. The second-order valence-electron chi connectivity index (χ2n) is 8.26. The van der Waals surface area contributed by atoms with Gasteiger partial charge in [-0.1, -0.05) is 54.6 Å². The third kappa shape index (κ3) is 3.33. The number of imide groups is 1. The first-order valence-corrected chi connectivity index (χ1v) is 10.7. The van der Waals surface area contributed by atoms with Crippen molar-refractivity contribution in [2.24, 2.45) is 4.99 Å². The number of nitrogens with zero attached hydrogens (tertiary/aromatic N) is 3. The number of halogens is 1. The molecule has 0 fully saturated rings. The van der Waals surface area contributed by atoms with Crippen LogP contribution in [0.4, 0.5) is 10.1 Å². The highest BCUT2D eigenvalue weighted by Gasteiger charge is 2.46. The Kier molecular flexibility index (Phi) is 5.17. The Labute approximate surface area is 195 Å². The van der Waals surface area contributed by atoms with Crippen LogP contribution in [0, 0.1) is 5.82 Å². The molecule has 1 atom stereocenters. The zero-order valence-corrected chi connectivity index (χ0v) is 18.4. The van der Waals surface area contributed by atoms with E-state index >= 15 is 0 Å². The molecule has 168 valence electrons. The normalized spacial score (nSPS) is 17.3. The summed E-state index contributed by atoms with van der Waals surface area (Å²) in [5.41, 5.74) is 2.47. The molecule has 34 heavy (non-hydrogen) atoms. The monoisotopic (exact) mass is 453 g/mol. The van der Waals surface area contributed by atoms with Crippen LogP contribution in [0.15, 0.2) is 89.9 Å². The molecule has 3 amide bonds. The molecular formula is C27H20FN3O3. The molecule has 7 heteroatoms. The topological polar surface area (TPSA) is 70.1 Å². The van der Waals surface area contributed by atoms with Gasteiger partial charge < -0.3 is 4.90 Å². The van der Waals surface area contributed by atoms with Gasteiger partial charge in [0.15, 0.2) is 0 Å². The lowest BCUT2D eigenvalue weighted by molar-refractivity contribution is -0.122. The SMILES string of the molecule is C=C(C)CN1C(=O)C(N2C(=O)c3ccccc3C2=O)N=C(c2ccccc2F)c2ccccc21. The van der Waals surface area contributed by atoms with Crippen LogP contribution in [0.1, 0.15) is 38.8 Å². The van der Waals surface area contributed by atoms with Crippen molar-refractivity contribution in [2.45, 2.75) is 13.1 Å². The third-order valence-corrected chi connectivity index (χ3v) is 5.82. The summed E-state index contributed by atoms with van der Waals surface area (Å²) in [5, 5.41) is 0. The fourth-order valence-electron chi connectivity index (χ4n) is 4.31. The van der Waals surface area contributed by atoms with Crippen LogP contribution in [-0.4, -0.2) is 41.0 Å². The average molecular weight is 453 g/mol. The van der Waals surface area contributed by atoms with E-state index in [1.54, 1.807) is 73.7 Å². The number of anilines is 1. The van der Waals surface area contributed by atoms with Crippen LogP contribution >= 0.6 is 0 Å². The van der Waals surface area contributed by atoms with Gasteiger partial charge in [-0.3, -0.25) is 14.4 Å². The largest absolute Gasteiger partial charge is 0.304 e. The Balaban J connectivity index is 1.75. The van der Waals surface area contributed by atoms with Crippen LogP contribution in [-0.2, 0) is 4.79 Å². The molecule has 1 unspecified atom stereocenters. The second kappa shape index (κ2) is 8.19. The number of para-hydroxylation sites is 1. The summed E-state index contributed by atoms with van der Waals surface area (Å²) in [6, 6.07) is 19.5. The molecular weight excluding hydrogens is 433 g/mol. The molecule has 2 heterocycles. The van der Waals surface area contributed by atoms with Gasteiger partial charge in [-0.25, -0.2) is 14.3 Å². The Morgan fingerprint density at radius 2 is 1.38 bits per heavy atom. The van der Waals surface area contributed by atoms with Crippen LogP contribution in [0.25, 0.3) is 0 Å². The first-order chi connectivity index (χ1) is 16.4. The molecule has 0 N–H and O–H groups in total. The van der Waals surface area contributed by atoms with Crippen molar-refractivity contribution in [1.82, 2.24) is 4.90 Å². The van der Waals surface area contributed by atoms with Gasteiger partial charge in [0.2, 0.25) is 6.17 Å². The van der Waals surface area contributed by atoms with E-state index < -0.39 is 29.7 Å². The van der Waals surface area contributed by atoms with Crippen LogP contribution in [0.3, 0.4) is 0 Å². The molecule has 0 radical (unpaired) electrons. The molecule has 2 aliphatic heterocycles. The zero-order valence-electron chi connectivity index (χ0n) is 18.4. The molecule has 6 nitrogen and oxygen atoms in total. The van der Waals surface area contributed by atoms with Crippen molar-refractivity contribution in [3.8, 4) is 0 Å². The lowest BCUT2D eigenvalue weighted by Gasteiger charge is -2.28. The molecule has 3 aromatic carbocycles. The minimum Gasteiger partial charge on any atom is -0.304 e. The van der Waals surface area contributed by atoms with E-state index in [2.05, 4.69) is 11.6 Å². The average Bonchev–Trinajstić information content (AvgIpc) is 3.02. The Hall–Kier alpha value is -4.39. The summed E-state index contributed by atoms with van der Waals surface area (Å²) < 4.78 is 14.9. The quantitative estimate of drug-likeness (QED) is 0.439. The Morgan fingerprint density at radius 1 is 0.853 bits per heavy atom. The van der Waals surface area contributed by atoms with Gasteiger partial charge in [-0.05, 0) is 37.3 Å². The number of aliphatic imine (C=N–C) groups is 1. The van der Waals surface area contributed by atoms with Crippen molar-refractivity contribution in [3.05, 3.63) is 113 Å². The highest BCUT2D eigenvalue weighted by molar-refractivity contribution is 6.25. The van der Waals surface area contributed by atoms with E-state index in [-0.39, 0.29) is 28.9 Å². The highest BCUT2D eigenvalue weighted by atomic mass is 19.1. The van der Waals surface area contributed by atoms with E-state index in [9.17, 15) is 18.8 Å². The predicted molar refractivity (Wildman–Crippen MR) is 126 cm³/mol. The molecule has 0 bridgehead atoms. The van der Waals surface area contributed by atoms with E-state index in [0.29, 0.717) is 16.8 Å². The van der Waals surface area contributed by atoms with Crippen molar-refractivity contribution < 1.29 is 18.8 Å². The van der Waals surface area contributed by atoms with Crippen molar-refractivity contribution in [3.63, 3.8) is 0 Å². The van der Waals surface area contributed by atoms with E-state index in [4.69, 9.17) is 0 Å². The van der Waals surface area contributed by atoms with Gasteiger partial charge in [-0.15, -0.1) is 0 Å². The first kappa shape index (κ1) is 21.5. The number of rotatable bonds is 4. The van der Waals surface area contributed by atoms with E-state index in [0.717, 1.165) is 4.90 Å². The summed E-state index contributed by atoms with van der Waals surface area (Å²) >= 11 is 0. The summed E-state index contributed by atoms with van der Waals surface area (Å²) in [6.07, 6.45) is -1.51. The smallest absolute Gasteiger partial charge is 0.273 e.